The SMILES string of the molecule is CC=CC=NNC(=O)c1ccc(OC)c(OC)c1. The van der Waals surface area contributed by atoms with Crippen LogP contribution in [0.2, 0.25) is 0 Å². The van der Waals surface area contributed by atoms with Crippen molar-refractivity contribution in [2.75, 3.05) is 14.2 Å². The molecule has 0 spiro atoms. The first-order chi connectivity index (χ1) is 8.72. The molecule has 5 heteroatoms. The molecule has 0 fully saturated rings. The number of benzene rings is 1. The van der Waals surface area contributed by atoms with E-state index in [2.05, 4.69) is 10.5 Å². The molecule has 0 aliphatic carbocycles. The fraction of sp³-hybridized carbons (Fsp3) is 0.231. The summed E-state index contributed by atoms with van der Waals surface area (Å²) >= 11 is 0. The van der Waals surface area contributed by atoms with E-state index in [1.807, 2.05) is 13.0 Å². The number of amides is 1. The van der Waals surface area contributed by atoms with Crippen molar-refractivity contribution in [3.05, 3.63) is 35.9 Å². The third-order valence-electron chi connectivity index (χ3n) is 2.16. The average Bonchev–Trinajstić information content (AvgIpc) is 2.42. The van der Waals surface area contributed by atoms with Crippen LogP contribution in [-0.2, 0) is 0 Å². The fourth-order valence-electron chi connectivity index (χ4n) is 1.27. The number of carbonyl (C=O) groups is 1. The first-order valence-electron chi connectivity index (χ1n) is 5.39. The first-order valence-corrected chi connectivity index (χ1v) is 5.39. The summed E-state index contributed by atoms with van der Waals surface area (Å²) in [6, 6.07) is 4.91. The van der Waals surface area contributed by atoms with Gasteiger partial charge in [-0.05, 0) is 31.2 Å². The van der Waals surface area contributed by atoms with E-state index in [1.165, 1.54) is 13.3 Å². The van der Waals surface area contributed by atoms with Gasteiger partial charge in [0.2, 0.25) is 0 Å². The highest BCUT2D eigenvalue weighted by Crippen LogP contribution is 2.27. The quantitative estimate of drug-likeness (QED) is 0.640. The van der Waals surface area contributed by atoms with Crippen LogP contribution < -0.4 is 14.9 Å². The molecule has 0 saturated carbocycles. The lowest BCUT2D eigenvalue weighted by molar-refractivity contribution is 0.0954. The largest absolute Gasteiger partial charge is 0.493 e. The molecule has 18 heavy (non-hydrogen) atoms. The highest BCUT2D eigenvalue weighted by molar-refractivity contribution is 5.95. The molecule has 0 heterocycles. The molecule has 96 valence electrons. The van der Waals surface area contributed by atoms with Crippen LogP contribution in [-0.4, -0.2) is 26.3 Å². The molecule has 0 aromatic heterocycles. The Morgan fingerprint density at radius 1 is 1.28 bits per heavy atom. The van der Waals surface area contributed by atoms with E-state index < -0.39 is 0 Å². The van der Waals surface area contributed by atoms with E-state index in [-0.39, 0.29) is 5.91 Å². The van der Waals surface area contributed by atoms with E-state index in [4.69, 9.17) is 9.47 Å². The third-order valence-corrected chi connectivity index (χ3v) is 2.16. The molecule has 0 saturated heterocycles. The van der Waals surface area contributed by atoms with Crippen LogP contribution in [0, 0.1) is 0 Å². The number of nitrogens with zero attached hydrogens (tertiary/aromatic N) is 1. The lowest BCUT2D eigenvalue weighted by Crippen LogP contribution is -2.17. The molecule has 1 N–H and O–H groups in total. The maximum atomic E-state index is 11.7. The van der Waals surface area contributed by atoms with Gasteiger partial charge in [-0.3, -0.25) is 4.79 Å². The molecule has 0 bridgehead atoms. The monoisotopic (exact) mass is 248 g/mol. The number of hydrogen-bond donors (Lipinski definition) is 1. The Kier molecular flexibility index (Phi) is 5.44. The van der Waals surface area contributed by atoms with Crippen LogP contribution in [0.1, 0.15) is 17.3 Å². The van der Waals surface area contributed by atoms with Crippen molar-refractivity contribution in [2.45, 2.75) is 6.92 Å². The number of ether oxygens (including phenoxy) is 2. The lowest BCUT2D eigenvalue weighted by Gasteiger charge is -2.08. The number of hydrazone groups is 1. The maximum Gasteiger partial charge on any atom is 0.271 e. The number of carbonyl (C=O) groups excluding carboxylic acids is 1. The van der Waals surface area contributed by atoms with Gasteiger partial charge >= 0.3 is 0 Å². The molecular weight excluding hydrogens is 232 g/mol. The molecule has 5 nitrogen and oxygen atoms in total. The Morgan fingerprint density at radius 2 is 2.00 bits per heavy atom. The molecule has 0 aliphatic rings. The van der Waals surface area contributed by atoms with Gasteiger partial charge < -0.3 is 9.47 Å². The first kappa shape index (κ1) is 13.8. The second-order valence-electron chi connectivity index (χ2n) is 3.31. The van der Waals surface area contributed by atoms with Gasteiger partial charge in [-0.25, -0.2) is 5.43 Å². The van der Waals surface area contributed by atoms with Gasteiger partial charge in [0.1, 0.15) is 0 Å². The standard InChI is InChI=1S/C13H16N2O3/c1-4-5-8-14-15-13(16)10-6-7-11(17-2)12(9-10)18-3/h4-9H,1-3H3,(H,15,16). The molecule has 1 aromatic rings. The van der Waals surface area contributed by atoms with Crippen molar-refractivity contribution in [3.8, 4) is 11.5 Å². The second kappa shape index (κ2) is 7.11. The number of rotatable bonds is 5. The van der Waals surface area contributed by atoms with Gasteiger partial charge in [0.25, 0.3) is 5.91 Å². The van der Waals surface area contributed by atoms with Crippen molar-refractivity contribution in [1.29, 1.82) is 0 Å². The Bertz CT molecular complexity index is 467. The predicted molar refractivity (Wildman–Crippen MR) is 70.3 cm³/mol. The van der Waals surface area contributed by atoms with E-state index in [1.54, 1.807) is 31.4 Å². The summed E-state index contributed by atoms with van der Waals surface area (Å²) in [7, 11) is 3.06. The molecular formula is C13H16N2O3. The minimum Gasteiger partial charge on any atom is -0.493 e. The topological polar surface area (TPSA) is 59.9 Å². The molecule has 1 aromatic carbocycles. The van der Waals surface area contributed by atoms with Gasteiger partial charge in [-0.1, -0.05) is 6.08 Å². The fourth-order valence-corrected chi connectivity index (χ4v) is 1.27. The van der Waals surface area contributed by atoms with E-state index in [9.17, 15) is 4.79 Å². The number of methoxy groups -OCH3 is 2. The second-order valence-corrected chi connectivity index (χ2v) is 3.31. The lowest BCUT2D eigenvalue weighted by atomic mass is 10.2. The van der Waals surface area contributed by atoms with Crippen LogP contribution >= 0.6 is 0 Å². The van der Waals surface area contributed by atoms with Crippen LogP contribution in [0.3, 0.4) is 0 Å². The van der Waals surface area contributed by atoms with Gasteiger partial charge in [0.05, 0.1) is 14.2 Å². The van der Waals surface area contributed by atoms with Crippen molar-refractivity contribution in [3.63, 3.8) is 0 Å². The zero-order valence-electron chi connectivity index (χ0n) is 10.6. The van der Waals surface area contributed by atoms with Gasteiger partial charge in [-0.15, -0.1) is 0 Å². The smallest absolute Gasteiger partial charge is 0.271 e. The van der Waals surface area contributed by atoms with Crippen LogP contribution in [0.5, 0.6) is 11.5 Å². The minimum atomic E-state index is -0.309. The molecule has 1 amide bonds. The summed E-state index contributed by atoms with van der Waals surface area (Å²) in [5, 5.41) is 3.75. The van der Waals surface area contributed by atoms with Crippen LogP contribution in [0.15, 0.2) is 35.5 Å². The molecule has 0 radical (unpaired) electrons. The van der Waals surface area contributed by atoms with Crippen molar-refractivity contribution in [2.24, 2.45) is 5.10 Å². The summed E-state index contributed by atoms with van der Waals surface area (Å²) in [4.78, 5) is 11.7. The highest BCUT2D eigenvalue weighted by atomic mass is 16.5. The summed E-state index contributed by atoms with van der Waals surface area (Å²) in [5.41, 5.74) is 2.85. The zero-order valence-corrected chi connectivity index (χ0v) is 10.6. The zero-order chi connectivity index (χ0) is 13.4. The Hall–Kier alpha value is -2.30. The Labute approximate surface area is 106 Å². The van der Waals surface area contributed by atoms with Crippen molar-refractivity contribution < 1.29 is 14.3 Å². The number of hydrogen-bond acceptors (Lipinski definition) is 4. The molecule has 1 rings (SSSR count). The maximum absolute atomic E-state index is 11.7. The Morgan fingerprint density at radius 3 is 2.61 bits per heavy atom. The van der Waals surface area contributed by atoms with Crippen LogP contribution in [0.4, 0.5) is 0 Å². The minimum absolute atomic E-state index is 0.309. The average molecular weight is 248 g/mol. The van der Waals surface area contributed by atoms with Crippen molar-refractivity contribution >= 4 is 12.1 Å². The third kappa shape index (κ3) is 3.62. The van der Waals surface area contributed by atoms with Crippen molar-refractivity contribution in [1.82, 2.24) is 5.43 Å². The van der Waals surface area contributed by atoms with Gasteiger partial charge in [0, 0.05) is 11.8 Å². The predicted octanol–water partition coefficient (Wildman–Crippen LogP) is 2.00. The molecule has 0 aliphatic heterocycles. The summed E-state index contributed by atoms with van der Waals surface area (Å²) in [5.74, 6) is 0.769. The van der Waals surface area contributed by atoms with Crippen LogP contribution in [0.25, 0.3) is 0 Å². The summed E-state index contributed by atoms with van der Waals surface area (Å²) in [6.45, 7) is 1.86. The molecule has 0 atom stereocenters. The normalized spacial score (nSPS) is 10.8. The van der Waals surface area contributed by atoms with E-state index in [0.717, 1.165) is 0 Å². The molecule has 0 unspecified atom stereocenters. The Balaban J connectivity index is 2.80. The van der Waals surface area contributed by atoms with E-state index in [0.29, 0.717) is 17.1 Å². The van der Waals surface area contributed by atoms with E-state index >= 15 is 0 Å². The highest BCUT2D eigenvalue weighted by Gasteiger charge is 2.09. The number of nitrogens with one attached hydrogen (secondary N) is 1. The summed E-state index contributed by atoms with van der Waals surface area (Å²) < 4.78 is 10.2. The van der Waals surface area contributed by atoms with Gasteiger partial charge in [0.15, 0.2) is 11.5 Å². The number of allylic oxidation sites excluding steroid dienone is 2. The summed E-state index contributed by atoms with van der Waals surface area (Å²) in [6.07, 6.45) is 5.03. The van der Waals surface area contributed by atoms with Gasteiger partial charge in [-0.2, -0.15) is 5.10 Å².